The summed E-state index contributed by atoms with van der Waals surface area (Å²) in [6, 6.07) is 22.4. The highest BCUT2D eigenvalue weighted by Gasteiger charge is 2.42. The van der Waals surface area contributed by atoms with Crippen LogP contribution in [0.15, 0.2) is 89.7 Å². The van der Waals surface area contributed by atoms with E-state index in [-0.39, 0.29) is 18.4 Å². The summed E-state index contributed by atoms with van der Waals surface area (Å²) < 4.78 is 5.64. The molecule has 1 amide bonds. The van der Waals surface area contributed by atoms with Gasteiger partial charge in [0.2, 0.25) is 5.82 Å². The van der Waals surface area contributed by atoms with Gasteiger partial charge in [-0.2, -0.15) is 4.98 Å². The van der Waals surface area contributed by atoms with E-state index in [1.54, 1.807) is 12.4 Å². The molecule has 5 aromatic rings. The SMILES string of the molecule is CCCN1C(=O)c2ccc(Nc3cc(N[C@H](CO)c4ccccc4)c(-c4nc(-c5ccccn5)no4)cn3)cc2C1(C)C. The Hall–Kier alpha value is -5.09. The minimum absolute atomic E-state index is 0.0583. The molecular formula is C33H33N7O3. The van der Waals surface area contributed by atoms with Crippen molar-refractivity contribution in [1.82, 2.24) is 25.0 Å². The first-order valence-corrected chi connectivity index (χ1v) is 14.3. The third kappa shape index (κ3) is 5.44. The second kappa shape index (κ2) is 11.7. The van der Waals surface area contributed by atoms with Gasteiger partial charge in [0.25, 0.3) is 11.8 Å². The number of benzene rings is 2. The van der Waals surface area contributed by atoms with Crippen molar-refractivity contribution >= 4 is 23.1 Å². The molecule has 43 heavy (non-hydrogen) atoms. The Bertz CT molecular complexity index is 1740. The molecule has 0 bridgehead atoms. The third-order valence-corrected chi connectivity index (χ3v) is 7.72. The third-order valence-electron chi connectivity index (χ3n) is 7.72. The number of pyridine rings is 2. The van der Waals surface area contributed by atoms with Crippen molar-refractivity contribution in [3.05, 3.63) is 102 Å². The van der Waals surface area contributed by atoms with Crippen molar-refractivity contribution in [3.8, 4) is 23.0 Å². The molecule has 2 aromatic carbocycles. The van der Waals surface area contributed by atoms with Crippen molar-refractivity contribution in [2.24, 2.45) is 0 Å². The number of nitrogens with zero attached hydrogens (tertiary/aromatic N) is 5. The number of aliphatic hydroxyl groups is 1. The van der Waals surface area contributed by atoms with Crippen LogP contribution in [0, 0.1) is 0 Å². The first kappa shape index (κ1) is 28.0. The fourth-order valence-electron chi connectivity index (χ4n) is 5.46. The number of fused-ring (bicyclic) bond motifs is 1. The maximum atomic E-state index is 13.1. The molecule has 10 heteroatoms. The van der Waals surface area contributed by atoms with Gasteiger partial charge >= 0.3 is 0 Å². The van der Waals surface area contributed by atoms with Crippen molar-refractivity contribution in [2.75, 3.05) is 23.8 Å². The van der Waals surface area contributed by atoms with Crippen LogP contribution in [0.3, 0.4) is 0 Å². The number of carbonyl (C=O) groups is 1. The highest BCUT2D eigenvalue weighted by atomic mass is 16.5. The topological polar surface area (TPSA) is 129 Å². The van der Waals surface area contributed by atoms with Gasteiger partial charge in [0, 0.05) is 36.3 Å². The number of hydrogen-bond donors (Lipinski definition) is 3. The summed E-state index contributed by atoms with van der Waals surface area (Å²) in [7, 11) is 0. The number of amides is 1. The maximum absolute atomic E-state index is 13.1. The number of nitrogens with one attached hydrogen (secondary N) is 2. The molecular weight excluding hydrogens is 542 g/mol. The first-order chi connectivity index (χ1) is 20.9. The lowest BCUT2D eigenvalue weighted by molar-refractivity contribution is 0.0619. The van der Waals surface area contributed by atoms with Gasteiger partial charge in [-0.05, 0) is 61.7 Å². The van der Waals surface area contributed by atoms with Gasteiger partial charge < -0.3 is 25.2 Å². The van der Waals surface area contributed by atoms with Crippen LogP contribution in [0.4, 0.5) is 17.2 Å². The highest BCUT2D eigenvalue weighted by molar-refractivity contribution is 6.00. The second-order valence-electron chi connectivity index (χ2n) is 10.9. The summed E-state index contributed by atoms with van der Waals surface area (Å²) in [6.07, 6.45) is 4.22. The van der Waals surface area contributed by atoms with Crippen molar-refractivity contribution in [3.63, 3.8) is 0 Å². The number of hydrogen-bond acceptors (Lipinski definition) is 9. The molecule has 0 saturated carbocycles. The average Bonchev–Trinajstić information content (AvgIpc) is 3.59. The van der Waals surface area contributed by atoms with Crippen LogP contribution in [0.1, 0.15) is 54.7 Å². The molecule has 4 heterocycles. The average molecular weight is 576 g/mol. The van der Waals surface area contributed by atoms with Crippen LogP contribution < -0.4 is 10.6 Å². The van der Waals surface area contributed by atoms with E-state index in [1.165, 1.54) is 0 Å². The summed E-state index contributed by atoms with van der Waals surface area (Å²) in [5, 5.41) is 21.3. The maximum Gasteiger partial charge on any atom is 0.261 e. The van der Waals surface area contributed by atoms with Crippen LogP contribution >= 0.6 is 0 Å². The van der Waals surface area contributed by atoms with Gasteiger partial charge in [-0.15, -0.1) is 0 Å². The van der Waals surface area contributed by atoms with Crippen molar-refractivity contribution < 1.29 is 14.4 Å². The first-order valence-electron chi connectivity index (χ1n) is 14.3. The fourth-order valence-corrected chi connectivity index (χ4v) is 5.46. The normalized spacial score (nSPS) is 14.4. The molecule has 0 spiro atoms. The molecule has 1 aliphatic rings. The van der Waals surface area contributed by atoms with Gasteiger partial charge in [-0.1, -0.05) is 48.5 Å². The van der Waals surface area contributed by atoms with E-state index in [0.29, 0.717) is 35.1 Å². The van der Waals surface area contributed by atoms with Crippen LogP contribution in [0.25, 0.3) is 23.0 Å². The summed E-state index contributed by atoms with van der Waals surface area (Å²) in [5.41, 5.74) is 4.81. The van der Waals surface area contributed by atoms with E-state index in [1.807, 2.05) is 77.7 Å². The van der Waals surface area contributed by atoms with E-state index in [9.17, 15) is 9.90 Å². The Morgan fingerprint density at radius 1 is 1.00 bits per heavy atom. The molecule has 10 nitrogen and oxygen atoms in total. The molecule has 0 radical (unpaired) electrons. The molecule has 3 N–H and O–H groups in total. The molecule has 0 unspecified atom stereocenters. The Kier molecular flexibility index (Phi) is 7.60. The standard InChI is InChI=1S/C33H33N7O3/c1-4-16-40-32(42)23-14-13-22(17-25(23)33(40,2)3)36-29-18-27(37-28(20-41)21-10-6-5-7-11-21)24(19-35-29)31-38-30(39-43-31)26-12-8-9-15-34-26/h5-15,17-19,28,41H,4,16,20H2,1-3H3,(H2,35,36,37)/t28-/m1/s1. The lowest BCUT2D eigenvalue weighted by atomic mass is 9.93. The number of anilines is 3. The zero-order valence-corrected chi connectivity index (χ0v) is 24.3. The molecule has 1 aliphatic heterocycles. The Balaban J connectivity index is 1.35. The van der Waals surface area contributed by atoms with Gasteiger partial charge in [-0.25, -0.2) is 4.98 Å². The summed E-state index contributed by atoms with van der Waals surface area (Å²) in [4.78, 5) is 28.5. The number of carbonyl (C=O) groups excluding carboxylic acids is 1. The monoisotopic (exact) mass is 575 g/mol. The lowest BCUT2D eigenvalue weighted by Gasteiger charge is -2.32. The van der Waals surface area contributed by atoms with Gasteiger partial charge in [0.05, 0.1) is 29.4 Å². The van der Waals surface area contributed by atoms with E-state index >= 15 is 0 Å². The molecule has 0 saturated heterocycles. The van der Waals surface area contributed by atoms with Crippen molar-refractivity contribution in [2.45, 2.75) is 38.8 Å². The largest absolute Gasteiger partial charge is 0.394 e. The summed E-state index contributed by atoms with van der Waals surface area (Å²) in [6.45, 7) is 6.79. The Morgan fingerprint density at radius 3 is 2.56 bits per heavy atom. The molecule has 0 fully saturated rings. The lowest BCUT2D eigenvalue weighted by Crippen LogP contribution is -2.39. The van der Waals surface area contributed by atoms with Crippen molar-refractivity contribution in [1.29, 1.82) is 0 Å². The number of rotatable bonds is 10. The Morgan fingerprint density at radius 2 is 1.81 bits per heavy atom. The smallest absolute Gasteiger partial charge is 0.261 e. The van der Waals surface area contributed by atoms with Crippen LogP contribution in [0.2, 0.25) is 0 Å². The van der Waals surface area contributed by atoms with Gasteiger partial charge in [-0.3, -0.25) is 9.78 Å². The van der Waals surface area contributed by atoms with Crippen LogP contribution in [0.5, 0.6) is 0 Å². The van der Waals surface area contributed by atoms with Crippen LogP contribution in [-0.2, 0) is 5.54 Å². The van der Waals surface area contributed by atoms with Gasteiger partial charge in [0.15, 0.2) is 0 Å². The van der Waals surface area contributed by atoms with Crippen LogP contribution in [-0.4, -0.2) is 49.2 Å². The highest BCUT2D eigenvalue weighted by Crippen LogP contribution is 2.40. The van der Waals surface area contributed by atoms with E-state index < -0.39 is 11.6 Å². The number of aromatic nitrogens is 4. The molecule has 218 valence electrons. The predicted molar refractivity (Wildman–Crippen MR) is 165 cm³/mol. The zero-order chi connectivity index (χ0) is 30.0. The molecule has 0 aliphatic carbocycles. The summed E-state index contributed by atoms with van der Waals surface area (Å²) >= 11 is 0. The quantitative estimate of drug-likeness (QED) is 0.179. The fraction of sp³-hybridized carbons (Fsp3) is 0.242. The molecule has 1 atom stereocenters. The van der Waals surface area contributed by atoms with E-state index in [4.69, 9.17) is 4.52 Å². The van der Waals surface area contributed by atoms with E-state index in [2.05, 4.69) is 51.5 Å². The second-order valence-corrected chi connectivity index (χ2v) is 10.9. The van der Waals surface area contributed by atoms with Gasteiger partial charge in [0.1, 0.15) is 11.5 Å². The molecule has 6 rings (SSSR count). The number of aliphatic hydroxyl groups excluding tert-OH is 1. The minimum atomic E-state index is -0.419. The minimum Gasteiger partial charge on any atom is -0.394 e. The molecule has 3 aromatic heterocycles. The summed E-state index contributed by atoms with van der Waals surface area (Å²) in [5.74, 6) is 1.25. The predicted octanol–water partition coefficient (Wildman–Crippen LogP) is 6.18. The Labute approximate surface area is 249 Å². The van der Waals surface area contributed by atoms with E-state index in [0.717, 1.165) is 28.8 Å². The zero-order valence-electron chi connectivity index (χ0n) is 24.3.